The number of fused-ring (bicyclic) bond motifs is 7. The number of para-hydroxylation sites is 1. The smallest absolute Gasteiger partial charge is 0.0640 e. The zero-order valence-electron chi connectivity index (χ0n) is 30.6. The summed E-state index contributed by atoms with van der Waals surface area (Å²) in [5.41, 5.74) is 10.8. The first-order chi connectivity index (χ1) is 27.8. The van der Waals surface area contributed by atoms with Crippen LogP contribution >= 0.6 is 11.3 Å². The van der Waals surface area contributed by atoms with E-state index >= 15 is 0 Å². The Bertz CT molecular complexity index is 3240. The first kappa shape index (κ1) is 32.4. The molecule has 1 nitrogen and oxygen atoms in total. The highest BCUT2D eigenvalue weighted by atomic mass is 32.1. The predicted octanol–water partition coefficient (Wildman–Crippen LogP) is 16.0. The molecule has 0 aliphatic rings. The Labute approximate surface area is 330 Å². The van der Waals surface area contributed by atoms with E-state index in [0.717, 1.165) is 11.4 Å². The Morgan fingerprint density at radius 2 is 0.768 bits per heavy atom. The summed E-state index contributed by atoms with van der Waals surface area (Å²) < 4.78 is 2.58. The number of anilines is 3. The van der Waals surface area contributed by atoms with Gasteiger partial charge in [0.25, 0.3) is 0 Å². The summed E-state index contributed by atoms with van der Waals surface area (Å²) in [5.74, 6) is 0. The molecule has 0 saturated heterocycles. The van der Waals surface area contributed by atoms with E-state index in [2.05, 4.69) is 217 Å². The zero-order valence-corrected chi connectivity index (χ0v) is 31.4. The summed E-state index contributed by atoms with van der Waals surface area (Å²) in [6.07, 6.45) is 0. The van der Waals surface area contributed by atoms with Gasteiger partial charge in [-0.3, -0.25) is 0 Å². The van der Waals surface area contributed by atoms with E-state index in [1.54, 1.807) is 0 Å². The van der Waals surface area contributed by atoms with Crippen LogP contribution < -0.4 is 4.90 Å². The predicted molar refractivity (Wildman–Crippen MR) is 243 cm³/mol. The molecule has 11 rings (SSSR count). The van der Waals surface area contributed by atoms with Crippen LogP contribution in [-0.4, -0.2) is 0 Å². The van der Waals surface area contributed by atoms with Crippen molar-refractivity contribution < 1.29 is 0 Å². The number of hydrogen-bond acceptors (Lipinski definition) is 2. The Hall–Kier alpha value is -7.00. The molecule has 10 aromatic carbocycles. The molecular formula is C54H35NS. The Kier molecular flexibility index (Phi) is 7.75. The highest BCUT2D eigenvalue weighted by molar-refractivity contribution is 7.27. The summed E-state index contributed by atoms with van der Waals surface area (Å²) >= 11 is 1.91. The van der Waals surface area contributed by atoms with Gasteiger partial charge in [0.15, 0.2) is 0 Å². The van der Waals surface area contributed by atoms with Crippen molar-refractivity contribution >= 4 is 80.9 Å². The van der Waals surface area contributed by atoms with E-state index in [1.165, 1.54) is 91.6 Å². The fraction of sp³-hybridized carbons (Fsp3) is 0. The number of nitrogens with zero attached hydrogens (tertiary/aromatic N) is 1. The summed E-state index contributed by atoms with van der Waals surface area (Å²) in [6.45, 7) is 0. The molecule has 0 saturated carbocycles. The topological polar surface area (TPSA) is 3.24 Å². The molecule has 1 heterocycles. The van der Waals surface area contributed by atoms with Crippen molar-refractivity contribution in [3.8, 4) is 33.4 Å². The molecule has 0 spiro atoms. The van der Waals surface area contributed by atoms with Gasteiger partial charge in [-0.25, -0.2) is 0 Å². The third kappa shape index (κ3) is 5.30. The van der Waals surface area contributed by atoms with Gasteiger partial charge in [0.2, 0.25) is 0 Å². The SMILES string of the molecule is c1ccc(-c2ccc(-c3ccccc3N(c3cccc4ccccc34)c3cccc4c3sc3c5ccccc5c(-c5cccc6ccccc56)cc43)cc2)cc1. The van der Waals surface area contributed by atoms with Crippen molar-refractivity contribution in [2.75, 3.05) is 4.90 Å². The first-order valence-corrected chi connectivity index (χ1v) is 20.0. The van der Waals surface area contributed by atoms with Crippen LogP contribution in [0.2, 0.25) is 0 Å². The van der Waals surface area contributed by atoms with Gasteiger partial charge in [-0.15, -0.1) is 11.3 Å². The van der Waals surface area contributed by atoms with E-state index in [-0.39, 0.29) is 0 Å². The molecular weight excluding hydrogens is 695 g/mol. The van der Waals surface area contributed by atoms with Crippen molar-refractivity contribution in [2.45, 2.75) is 0 Å². The molecule has 1 aromatic heterocycles. The van der Waals surface area contributed by atoms with Crippen molar-refractivity contribution in [3.05, 3.63) is 212 Å². The second-order valence-electron chi connectivity index (χ2n) is 14.4. The van der Waals surface area contributed by atoms with E-state index < -0.39 is 0 Å². The molecule has 0 radical (unpaired) electrons. The normalized spacial score (nSPS) is 11.6. The summed E-state index contributed by atoms with van der Waals surface area (Å²) in [6, 6.07) is 77.6. The number of rotatable bonds is 6. The second-order valence-corrected chi connectivity index (χ2v) is 15.4. The van der Waals surface area contributed by atoms with Gasteiger partial charge in [-0.2, -0.15) is 0 Å². The fourth-order valence-electron chi connectivity index (χ4n) is 8.64. The minimum atomic E-state index is 1.14. The number of hydrogen-bond donors (Lipinski definition) is 0. The van der Waals surface area contributed by atoms with E-state index in [4.69, 9.17) is 0 Å². The van der Waals surface area contributed by atoms with Gasteiger partial charge in [0, 0.05) is 31.8 Å². The average Bonchev–Trinajstić information content (AvgIpc) is 3.66. The molecule has 0 unspecified atom stereocenters. The monoisotopic (exact) mass is 729 g/mol. The molecule has 56 heavy (non-hydrogen) atoms. The number of thiophene rings is 1. The lowest BCUT2D eigenvalue weighted by Crippen LogP contribution is -2.12. The largest absolute Gasteiger partial charge is 0.308 e. The minimum absolute atomic E-state index is 1.14. The van der Waals surface area contributed by atoms with Crippen LogP contribution in [0, 0.1) is 0 Å². The molecule has 0 bridgehead atoms. The van der Waals surface area contributed by atoms with Gasteiger partial charge in [-0.1, -0.05) is 188 Å². The Morgan fingerprint density at radius 3 is 1.59 bits per heavy atom. The van der Waals surface area contributed by atoms with E-state index in [0.29, 0.717) is 0 Å². The van der Waals surface area contributed by atoms with Crippen LogP contribution in [0.5, 0.6) is 0 Å². The molecule has 0 aliphatic heterocycles. The van der Waals surface area contributed by atoms with Crippen LogP contribution in [0.3, 0.4) is 0 Å². The molecule has 0 aliphatic carbocycles. The summed E-state index contributed by atoms with van der Waals surface area (Å²) in [5, 5.41) is 10.1. The van der Waals surface area contributed by atoms with Crippen molar-refractivity contribution in [3.63, 3.8) is 0 Å². The zero-order chi connectivity index (χ0) is 37.0. The molecule has 0 atom stereocenters. The van der Waals surface area contributed by atoms with Gasteiger partial charge in [-0.05, 0) is 73.6 Å². The average molecular weight is 730 g/mol. The molecule has 0 fully saturated rings. The lowest BCUT2D eigenvalue weighted by atomic mass is 9.92. The maximum atomic E-state index is 2.51. The highest BCUT2D eigenvalue weighted by Crippen LogP contribution is 2.51. The first-order valence-electron chi connectivity index (χ1n) is 19.2. The maximum Gasteiger partial charge on any atom is 0.0640 e. The molecule has 262 valence electrons. The lowest BCUT2D eigenvalue weighted by Gasteiger charge is -2.29. The minimum Gasteiger partial charge on any atom is -0.308 e. The Morgan fingerprint density at radius 1 is 0.268 bits per heavy atom. The third-order valence-corrected chi connectivity index (χ3v) is 12.5. The number of benzene rings is 10. The van der Waals surface area contributed by atoms with Gasteiger partial charge in [0.05, 0.1) is 21.8 Å². The van der Waals surface area contributed by atoms with Crippen molar-refractivity contribution in [1.82, 2.24) is 0 Å². The standard InChI is InChI=1S/C54H35NS/c1-2-15-36(16-3-1)37-31-33-40(34-32-37)43-23-10-11-28-50(43)55(51-29-13-20-39-18-5-7-22-42(39)51)52-30-14-27-47-49-35-48(44-26-12-19-38-17-4-6-21-41(38)44)45-24-8-9-25-46(45)53(49)56-54(47)52/h1-35H. The highest BCUT2D eigenvalue weighted by Gasteiger charge is 2.23. The van der Waals surface area contributed by atoms with Crippen LogP contribution in [0.4, 0.5) is 17.1 Å². The van der Waals surface area contributed by atoms with E-state index in [1.807, 2.05) is 11.3 Å². The van der Waals surface area contributed by atoms with Crippen LogP contribution in [0.25, 0.3) is 85.9 Å². The third-order valence-electron chi connectivity index (χ3n) is 11.3. The maximum absolute atomic E-state index is 2.51. The van der Waals surface area contributed by atoms with Crippen LogP contribution in [0.1, 0.15) is 0 Å². The lowest BCUT2D eigenvalue weighted by molar-refractivity contribution is 1.32. The van der Waals surface area contributed by atoms with Gasteiger partial charge < -0.3 is 4.90 Å². The summed E-state index contributed by atoms with van der Waals surface area (Å²) in [4.78, 5) is 2.51. The Balaban J connectivity index is 1.18. The fourth-order valence-corrected chi connectivity index (χ4v) is 9.97. The van der Waals surface area contributed by atoms with Crippen molar-refractivity contribution in [2.24, 2.45) is 0 Å². The summed E-state index contributed by atoms with van der Waals surface area (Å²) in [7, 11) is 0. The van der Waals surface area contributed by atoms with Crippen LogP contribution in [-0.2, 0) is 0 Å². The quantitative estimate of drug-likeness (QED) is 0.165. The van der Waals surface area contributed by atoms with Gasteiger partial charge in [0.1, 0.15) is 0 Å². The molecule has 0 N–H and O–H groups in total. The van der Waals surface area contributed by atoms with Crippen LogP contribution in [0.15, 0.2) is 212 Å². The second kappa shape index (κ2) is 13.4. The molecule has 11 aromatic rings. The van der Waals surface area contributed by atoms with Gasteiger partial charge >= 0.3 is 0 Å². The molecule has 2 heteroatoms. The molecule has 0 amide bonds. The van der Waals surface area contributed by atoms with Crippen molar-refractivity contribution in [1.29, 1.82) is 0 Å². The van der Waals surface area contributed by atoms with E-state index in [9.17, 15) is 0 Å².